The van der Waals surface area contributed by atoms with E-state index >= 15 is 0 Å². The van der Waals surface area contributed by atoms with Gasteiger partial charge in [0.2, 0.25) is 5.91 Å². The molecule has 5 nitrogen and oxygen atoms in total. The third-order valence-electron chi connectivity index (χ3n) is 4.58. The fraction of sp³-hybridized carbons (Fsp3) is 0.174. The Labute approximate surface area is 164 Å². The normalized spacial score (nSPS) is 10.9. The molecule has 2 aromatic heterocycles. The van der Waals surface area contributed by atoms with E-state index in [1.54, 1.807) is 6.20 Å². The van der Waals surface area contributed by atoms with Gasteiger partial charge >= 0.3 is 0 Å². The van der Waals surface area contributed by atoms with E-state index in [1.165, 1.54) is 0 Å². The van der Waals surface area contributed by atoms with Gasteiger partial charge in [0, 0.05) is 24.0 Å². The Morgan fingerprint density at radius 1 is 1.00 bits per heavy atom. The van der Waals surface area contributed by atoms with E-state index in [1.807, 2.05) is 73.7 Å². The van der Waals surface area contributed by atoms with E-state index in [9.17, 15) is 4.79 Å². The van der Waals surface area contributed by atoms with E-state index in [2.05, 4.69) is 14.9 Å². The zero-order valence-electron chi connectivity index (χ0n) is 15.8. The molecule has 2 aromatic carbocycles. The van der Waals surface area contributed by atoms with Crippen molar-refractivity contribution in [3.05, 3.63) is 78.5 Å². The van der Waals surface area contributed by atoms with E-state index in [0.717, 1.165) is 40.2 Å². The molecule has 0 radical (unpaired) electrons. The second-order valence-electron chi connectivity index (χ2n) is 6.68. The van der Waals surface area contributed by atoms with Crippen molar-refractivity contribution in [2.24, 2.45) is 0 Å². The highest BCUT2D eigenvalue weighted by Crippen LogP contribution is 2.27. The molecule has 0 aliphatic carbocycles. The lowest BCUT2D eigenvalue weighted by atomic mass is 10.1. The van der Waals surface area contributed by atoms with Crippen LogP contribution in [0.1, 0.15) is 18.9 Å². The first-order valence-electron chi connectivity index (χ1n) is 9.51. The van der Waals surface area contributed by atoms with Crippen LogP contribution in [-0.4, -0.2) is 27.0 Å². The molecular weight excluding hydrogens is 348 g/mol. The van der Waals surface area contributed by atoms with Gasteiger partial charge in [0.05, 0.1) is 6.42 Å². The maximum atomic E-state index is 12.0. The quantitative estimate of drug-likeness (QED) is 0.554. The third-order valence-corrected chi connectivity index (χ3v) is 4.58. The largest absolute Gasteiger partial charge is 0.356 e. The zero-order valence-corrected chi connectivity index (χ0v) is 15.8. The van der Waals surface area contributed by atoms with Gasteiger partial charge in [-0.3, -0.25) is 9.36 Å². The maximum absolute atomic E-state index is 12.0. The number of hydrogen-bond acceptors (Lipinski definition) is 3. The average molecular weight is 370 g/mol. The highest BCUT2D eigenvalue weighted by atomic mass is 16.1. The van der Waals surface area contributed by atoms with Crippen LogP contribution in [0.5, 0.6) is 0 Å². The molecule has 0 saturated heterocycles. The van der Waals surface area contributed by atoms with Crippen molar-refractivity contribution in [3.8, 4) is 17.1 Å². The Morgan fingerprint density at radius 2 is 1.79 bits per heavy atom. The summed E-state index contributed by atoms with van der Waals surface area (Å²) >= 11 is 0. The lowest BCUT2D eigenvalue weighted by Gasteiger charge is -2.10. The molecule has 0 saturated carbocycles. The monoisotopic (exact) mass is 370 g/mol. The number of pyridine rings is 1. The molecule has 140 valence electrons. The molecule has 0 fully saturated rings. The number of fused-ring (bicyclic) bond motifs is 1. The van der Waals surface area contributed by atoms with Gasteiger partial charge in [0.25, 0.3) is 0 Å². The van der Waals surface area contributed by atoms with Crippen molar-refractivity contribution in [1.82, 2.24) is 19.9 Å². The molecular formula is C23H22N4O. The minimum absolute atomic E-state index is 0.0503. The van der Waals surface area contributed by atoms with Crippen LogP contribution in [0.15, 0.2) is 72.9 Å². The number of imidazole rings is 1. The molecule has 4 aromatic rings. The van der Waals surface area contributed by atoms with E-state index in [4.69, 9.17) is 4.98 Å². The van der Waals surface area contributed by atoms with Crippen molar-refractivity contribution in [2.45, 2.75) is 19.8 Å². The van der Waals surface area contributed by atoms with Gasteiger partial charge < -0.3 is 5.32 Å². The standard InChI is InChI=1S/C23H22N4O/c1-2-14-24-21(28)16-17-10-12-19(13-11-17)27-22(18-7-4-3-5-8-18)26-20-9-6-15-25-23(20)27/h3-13,15H,2,14,16H2,1H3,(H,24,28). The van der Waals surface area contributed by atoms with Gasteiger partial charge in [-0.1, -0.05) is 49.4 Å². The zero-order chi connectivity index (χ0) is 19.3. The molecule has 0 aliphatic heterocycles. The van der Waals surface area contributed by atoms with E-state index in [-0.39, 0.29) is 5.91 Å². The lowest BCUT2D eigenvalue weighted by Crippen LogP contribution is -2.25. The topological polar surface area (TPSA) is 59.8 Å². The fourth-order valence-electron chi connectivity index (χ4n) is 3.21. The number of aromatic nitrogens is 3. The molecule has 0 bridgehead atoms. The third kappa shape index (κ3) is 3.64. The van der Waals surface area contributed by atoms with Crippen LogP contribution < -0.4 is 5.32 Å². The van der Waals surface area contributed by atoms with Crippen LogP contribution in [0.4, 0.5) is 0 Å². The minimum atomic E-state index is 0.0503. The molecule has 4 rings (SSSR count). The van der Waals surface area contributed by atoms with Crippen molar-refractivity contribution in [1.29, 1.82) is 0 Å². The number of rotatable bonds is 6. The van der Waals surface area contributed by atoms with Crippen molar-refractivity contribution in [2.75, 3.05) is 6.54 Å². The molecule has 0 atom stereocenters. The number of hydrogen-bond donors (Lipinski definition) is 1. The first-order valence-corrected chi connectivity index (χ1v) is 9.51. The molecule has 0 unspecified atom stereocenters. The summed E-state index contributed by atoms with van der Waals surface area (Å²) in [4.78, 5) is 21.3. The summed E-state index contributed by atoms with van der Waals surface area (Å²) in [5.41, 5.74) is 4.65. The number of benzene rings is 2. The summed E-state index contributed by atoms with van der Waals surface area (Å²) in [6.07, 6.45) is 3.10. The Kier molecular flexibility index (Phi) is 5.15. The highest BCUT2D eigenvalue weighted by Gasteiger charge is 2.15. The van der Waals surface area contributed by atoms with Crippen LogP contribution >= 0.6 is 0 Å². The highest BCUT2D eigenvalue weighted by molar-refractivity contribution is 5.80. The predicted octanol–water partition coefficient (Wildman–Crippen LogP) is 4.16. The van der Waals surface area contributed by atoms with Gasteiger partial charge in [-0.2, -0.15) is 0 Å². The van der Waals surface area contributed by atoms with Crippen LogP contribution in [0, 0.1) is 0 Å². The maximum Gasteiger partial charge on any atom is 0.224 e. The Hall–Kier alpha value is -3.47. The SMILES string of the molecule is CCCNC(=O)Cc1ccc(-n2c(-c3ccccc3)nc3cccnc32)cc1. The summed E-state index contributed by atoms with van der Waals surface area (Å²) < 4.78 is 2.06. The summed E-state index contributed by atoms with van der Waals surface area (Å²) in [7, 11) is 0. The summed E-state index contributed by atoms with van der Waals surface area (Å²) in [6, 6.07) is 22.0. The Morgan fingerprint density at radius 3 is 2.54 bits per heavy atom. The molecule has 0 spiro atoms. The Balaban J connectivity index is 1.72. The number of carbonyl (C=O) groups excluding carboxylic acids is 1. The molecule has 28 heavy (non-hydrogen) atoms. The number of amides is 1. The predicted molar refractivity (Wildman–Crippen MR) is 111 cm³/mol. The molecule has 0 aliphatic rings. The fourth-order valence-corrected chi connectivity index (χ4v) is 3.21. The van der Waals surface area contributed by atoms with E-state index in [0.29, 0.717) is 13.0 Å². The van der Waals surface area contributed by atoms with Crippen LogP contribution in [0.3, 0.4) is 0 Å². The van der Waals surface area contributed by atoms with Gasteiger partial charge in [-0.05, 0) is 36.2 Å². The number of nitrogens with one attached hydrogen (secondary N) is 1. The van der Waals surface area contributed by atoms with E-state index < -0.39 is 0 Å². The number of nitrogens with zero attached hydrogens (tertiary/aromatic N) is 3. The second kappa shape index (κ2) is 8.05. The van der Waals surface area contributed by atoms with Crippen LogP contribution in [0.25, 0.3) is 28.2 Å². The average Bonchev–Trinajstić information content (AvgIpc) is 3.13. The second-order valence-corrected chi connectivity index (χ2v) is 6.68. The smallest absolute Gasteiger partial charge is 0.224 e. The summed E-state index contributed by atoms with van der Waals surface area (Å²) in [5, 5.41) is 2.91. The summed E-state index contributed by atoms with van der Waals surface area (Å²) in [6.45, 7) is 2.76. The summed E-state index contributed by atoms with van der Waals surface area (Å²) in [5.74, 6) is 0.900. The minimum Gasteiger partial charge on any atom is -0.356 e. The lowest BCUT2D eigenvalue weighted by molar-refractivity contribution is -0.120. The molecule has 2 heterocycles. The van der Waals surface area contributed by atoms with Crippen molar-refractivity contribution >= 4 is 17.1 Å². The van der Waals surface area contributed by atoms with Crippen LogP contribution in [-0.2, 0) is 11.2 Å². The first-order chi connectivity index (χ1) is 13.8. The van der Waals surface area contributed by atoms with Gasteiger partial charge in [-0.25, -0.2) is 9.97 Å². The number of carbonyl (C=O) groups is 1. The molecule has 5 heteroatoms. The van der Waals surface area contributed by atoms with Crippen LogP contribution in [0.2, 0.25) is 0 Å². The Bertz CT molecular complexity index is 1080. The first kappa shape index (κ1) is 17.9. The van der Waals surface area contributed by atoms with Crippen molar-refractivity contribution in [3.63, 3.8) is 0 Å². The van der Waals surface area contributed by atoms with Gasteiger partial charge in [0.1, 0.15) is 11.3 Å². The van der Waals surface area contributed by atoms with Crippen molar-refractivity contribution < 1.29 is 4.79 Å². The molecule has 1 N–H and O–H groups in total. The van der Waals surface area contributed by atoms with Gasteiger partial charge in [0.15, 0.2) is 5.65 Å². The molecule has 1 amide bonds. The van der Waals surface area contributed by atoms with Gasteiger partial charge in [-0.15, -0.1) is 0 Å².